The largest absolute Gasteiger partial charge is 1.00 e. The average Bonchev–Trinajstić information content (AvgIpc) is 2.18. The molecule has 0 aliphatic rings. The number of aromatic hydroxyl groups is 1. The van der Waals surface area contributed by atoms with Gasteiger partial charge in [-0.2, -0.15) is 0 Å². The van der Waals surface area contributed by atoms with Gasteiger partial charge in [-0.25, -0.2) is 0 Å². The third kappa shape index (κ3) is 16.3. The second kappa shape index (κ2) is 15.4. The Balaban J connectivity index is -0.000000240. The number of benzene rings is 1. The summed E-state index contributed by atoms with van der Waals surface area (Å²) in [6.07, 6.45) is 0. The number of phenols is 1. The van der Waals surface area contributed by atoms with Gasteiger partial charge in [0.25, 0.3) is 0 Å². The van der Waals surface area contributed by atoms with Crippen molar-refractivity contribution in [2.24, 2.45) is 0 Å². The van der Waals surface area contributed by atoms with Gasteiger partial charge in [-0.15, -0.1) is 0 Å². The van der Waals surface area contributed by atoms with Crippen LogP contribution in [0.15, 0.2) is 24.3 Å². The van der Waals surface area contributed by atoms with E-state index in [1.54, 1.807) is 6.07 Å². The van der Waals surface area contributed by atoms with Crippen molar-refractivity contribution in [3.63, 3.8) is 0 Å². The van der Waals surface area contributed by atoms with Gasteiger partial charge in [0.05, 0.1) is 5.97 Å². The van der Waals surface area contributed by atoms with Crippen LogP contribution in [0.25, 0.3) is 0 Å². The topological polar surface area (TPSA) is 115 Å². The monoisotopic (exact) mass is 472 g/mol. The van der Waals surface area contributed by atoms with Gasteiger partial charge in [-0.3, -0.25) is 0 Å². The molecule has 0 aliphatic carbocycles. The zero-order chi connectivity index (χ0) is 13.8. The average molecular weight is 471 g/mol. The van der Waals surface area contributed by atoms with Gasteiger partial charge in [0.1, 0.15) is 5.75 Å². The van der Waals surface area contributed by atoms with Crippen molar-refractivity contribution in [1.29, 1.82) is 0 Å². The first-order valence-corrected chi connectivity index (χ1v) is 9.35. The van der Waals surface area contributed by atoms with Gasteiger partial charge in [-0.05, 0) is 12.1 Å². The van der Waals surface area contributed by atoms with Gasteiger partial charge in [0.15, 0.2) is 0 Å². The van der Waals surface area contributed by atoms with Crippen molar-refractivity contribution in [2.75, 3.05) is 0 Å². The fourth-order valence-corrected chi connectivity index (χ4v) is 0.646. The molecule has 1 rings (SSSR count). The number of carboxylic acids is 1. The van der Waals surface area contributed by atoms with Crippen molar-refractivity contribution in [3.05, 3.63) is 29.8 Å². The number of carbonyl (C=O) groups excluding carboxylic acids is 1. The Morgan fingerprint density at radius 1 is 1.39 bits per heavy atom. The van der Waals surface area contributed by atoms with Crippen molar-refractivity contribution < 1.29 is 83.7 Å². The van der Waals surface area contributed by atoms with Crippen molar-refractivity contribution in [2.45, 2.75) is 10.9 Å². The number of aromatic carboxylic acids is 1. The molecule has 6 nitrogen and oxygen atoms in total. The molecule has 0 aromatic heterocycles. The maximum Gasteiger partial charge on any atom is 1.00 e. The van der Waals surface area contributed by atoms with Crippen LogP contribution in [0, 0.1) is 0 Å². The molecule has 0 amide bonds. The second-order valence-electron chi connectivity index (χ2n) is 2.52. The molecule has 0 fully saturated rings. The van der Waals surface area contributed by atoms with Gasteiger partial charge in [-0.1, -0.05) is 12.1 Å². The molecule has 9 heteroatoms. The molecule has 0 aliphatic heterocycles. The molecule has 0 unspecified atom stereocenters. The van der Waals surface area contributed by atoms with E-state index in [0.29, 0.717) is 0 Å². The summed E-state index contributed by atoms with van der Waals surface area (Å²) in [5.41, 5.74) is -0.178. The van der Waals surface area contributed by atoms with Gasteiger partial charge < -0.3 is 28.0 Å². The van der Waals surface area contributed by atoms with Crippen molar-refractivity contribution in [3.8, 4) is 5.75 Å². The Morgan fingerprint density at radius 3 is 1.94 bits per heavy atom. The summed E-state index contributed by atoms with van der Waals surface area (Å²) in [6, 6.07) is 5.64. The molecule has 0 spiro atoms. The summed E-state index contributed by atoms with van der Waals surface area (Å²) >= 11 is 1.07. The molecule has 18 heavy (non-hydrogen) atoms. The SMILES string of the molecule is C[CH2][Hg+].O=C([O-])c1ccccc1O.O=[S-](=O)O.[Na+]. The molecule has 0 radical (unpaired) electrons. The van der Waals surface area contributed by atoms with Crippen molar-refractivity contribution in [1.82, 2.24) is 0 Å². The van der Waals surface area contributed by atoms with Crippen LogP contribution in [0.3, 0.4) is 0 Å². The van der Waals surface area contributed by atoms with E-state index in [1.807, 2.05) is 0 Å². The second-order valence-corrected chi connectivity index (χ2v) is 6.84. The molecule has 0 saturated carbocycles. The van der Waals surface area contributed by atoms with Crippen LogP contribution in [0.2, 0.25) is 3.93 Å². The summed E-state index contributed by atoms with van der Waals surface area (Å²) in [6.45, 7) is 2.21. The normalized spacial score (nSPS) is 8.06. The van der Waals surface area contributed by atoms with Crippen LogP contribution in [0.1, 0.15) is 17.3 Å². The first-order chi connectivity index (χ1) is 7.86. The van der Waals surface area contributed by atoms with Gasteiger partial charge in [0.2, 0.25) is 0 Å². The Morgan fingerprint density at radius 2 is 1.72 bits per heavy atom. The third-order valence-corrected chi connectivity index (χ3v) is 1.12. The predicted octanol–water partition coefficient (Wildman–Crippen LogP) is -2.50. The van der Waals surface area contributed by atoms with Gasteiger partial charge in [0, 0.05) is 16.5 Å². The zero-order valence-electron chi connectivity index (χ0n) is 10.2. The van der Waals surface area contributed by atoms with Crippen LogP contribution >= 0.6 is 0 Å². The van der Waals surface area contributed by atoms with E-state index < -0.39 is 17.0 Å². The Hall–Kier alpha value is 0.335. The van der Waals surface area contributed by atoms with Crippen LogP contribution in [0.4, 0.5) is 0 Å². The quantitative estimate of drug-likeness (QED) is 0.203. The Labute approximate surface area is 145 Å². The molecule has 0 heterocycles. The molecule has 0 atom stereocenters. The Bertz CT molecular complexity index is 402. The summed E-state index contributed by atoms with van der Waals surface area (Å²) in [5.74, 6) is -1.62. The van der Waals surface area contributed by atoms with Crippen LogP contribution in [0.5, 0.6) is 5.75 Å². The molecule has 92 valence electrons. The Kier molecular flexibility index (Phi) is 20.0. The molecule has 0 saturated heterocycles. The fraction of sp³-hybridized carbons (Fsp3) is 0.222. The van der Waals surface area contributed by atoms with Crippen LogP contribution < -0.4 is 34.7 Å². The summed E-state index contributed by atoms with van der Waals surface area (Å²) in [4.78, 5) is 10.2. The number of carbonyl (C=O) groups is 1. The van der Waals surface area contributed by atoms with E-state index in [4.69, 9.17) is 18.1 Å². The minimum Gasteiger partial charge on any atom is -0.545 e. The fourth-order valence-electron chi connectivity index (χ4n) is 0.646. The number of rotatable bonds is 1. The molecule has 0 bridgehead atoms. The molecule has 1 aromatic rings. The van der Waals surface area contributed by atoms with E-state index in [1.165, 1.54) is 22.1 Å². The first kappa shape index (κ1) is 23.4. The zero-order valence-corrected chi connectivity index (χ0v) is 18.5. The summed E-state index contributed by atoms with van der Waals surface area (Å²) in [5, 5.41) is 19.0. The van der Waals surface area contributed by atoms with Crippen LogP contribution in [-0.4, -0.2) is 15.6 Å². The maximum atomic E-state index is 10.2. The van der Waals surface area contributed by atoms with E-state index in [-0.39, 0.29) is 40.9 Å². The standard InChI is InChI=1S/C7H6O3.C2H5.Hg.Na.HO3S/c8-6-4-2-1-3-5(6)7(9)10;1-2;;;1-4(2)3/h1-4,8H,(H,9,10);1H2,2H3;;;(H,1,2,3)/q;;2*+1;-1/p-1. The smallest absolute Gasteiger partial charge is 0.545 e. The molecule has 2 N–H and O–H groups in total. The van der Waals surface area contributed by atoms with Crippen LogP contribution in [-0.2, 0) is 45.5 Å². The number of hydrogen-bond acceptors (Lipinski definition) is 6. The van der Waals surface area contributed by atoms with E-state index in [2.05, 4.69) is 6.92 Å². The van der Waals surface area contributed by atoms with E-state index in [0.717, 1.165) is 26.1 Å². The molecule has 1 aromatic carbocycles. The summed E-state index contributed by atoms with van der Waals surface area (Å²) in [7, 11) is -2.86. The number of carboxylic acid groups (broad SMARTS) is 1. The number of para-hydroxylation sites is 1. The summed E-state index contributed by atoms with van der Waals surface area (Å²) < 4.78 is 25.5. The first-order valence-electron chi connectivity index (χ1n) is 4.43. The van der Waals surface area contributed by atoms with Gasteiger partial charge >= 0.3 is 66.5 Å². The minimum absolute atomic E-state index is 0. The minimum atomic E-state index is -2.86. The van der Waals surface area contributed by atoms with E-state index >= 15 is 0 Å². The number of hydrogen-bond donors (Lipinski definition) is 2. The third-order valence-electron chi connectivity index (χ3n) is 1.12. The maximum absolute atomic E-state index is 10.2. The molecular weight excluding hydrogens is 460 g/mol. The molecular formula is C9H11HgNaO6S. The van der Waals surface area contributed by atoms with Crippen molar-refractivity contribution >= 4 is 17.0 Å². The predicted molar refractivity (Wildman–Crippen MR) is 54.3 cm³/mol. The van der Waals surface area contributed by atoms with E-state index in [9.17, 15) is 9.90 Å².